The normalized spacial score (nSPS) is 15.6. The second kappa shape index (κ2) is 7.36. The molecule has 0 saturated carbocycles. The Balaban J connectivity index is 1.82. The third kappa shape index (κ3) is 3.29. The minimum atomic E-state index is -0.603. The molecule has 1 amide bonds. The predicted molar refractivity (Wildman–Crippen MR) is 111 cm³/mol. The number of anilines is 1. The lowest BCUT2D eigenvalue weighted by Crippen LogP contribution is -2.27. The van der Waals surface area contributed by atoms with E-state index in [4.69, 9.17) is 9.47 Å². The molecule has 2 aromatic heterocycles. The number of amides is 1. The Labute approximate surface area is 172 Å². The monoisotopic (exact) mass is 411 g/mol. The number of ether oxygens (including phenoxy) is 2. The van der Waals surface area contributed by atoms with Gasteiger partial charge in [0.05, 0.1) is 25.8 Å². The van der Waals surface area contributed by atoms with Gasteiger partial charge in [-0.25, -0.2) is 0 Å². The van der Waals surface area contributed by atoms with Gasteiger partial charge in [0.25, 0.3) is 0 Å². The maximum atomic E-state index is 13.4. The Bertz CT molecular complexity index is 1120. The number of aromatic nitrogens is 2. The molecule has 1 aromatic carbocycles. The first kappa shape index (κ1) is 19.2. The Hall–Kier alpha value is -3.13. The zero-order valence-corrected chi connectivity index (χ0v) is 17.4. The van der Waals surface area contributed by atoms with Crippen molar-refractivity contribution in [3.8, 4) is 22.8 Å². The Morgan fingerprint density at radius 2 is 1.93 bits per heavy atom. The quantitative estimate of drug-likeness (QED) is 0.617. The molecule has 1 aliphatic heterocycles. The molecule has 1 aliphatic rings. The fourth-order valence-corrected chi connectivity index (χ4v) is 4.68. The van der Waals surface area contributed by atoms with Crippen molar-refractivity contribution in [2.24, 2.45) is 0 Å². The number of benzene rings is 1. The molecule has 150 valence electrons. The highest BCUT2D eigenvalue weighted by molar-refractivity contribution is 7.12. The van der Waals surface area contributed by atoms with Crippen LogP contribution in [0.2, 0.25) is 0 Å². The summed E-state index contributed by atoms with van der Waals surface area (Å²) in [7, 11) is 3.14. The van der Waals surface area contributed by atoms with Crippen molar-refractivity contribution in [3.05, 3.63) is 45.1 Å². The molecule has 0 aliphatic carbocycles. The van der Waals surface area contributed by atoms with Crippen molar-refractivity contribution in [1.29, 1.82) is 0 Å². The van der Waals surface area contributed by atoms with Crippen LogP contribution in [0.3, 0.4) is 0 Å². The molecular formula is C21H21N3O4S. The number of H-pyrrole nitrogens is 1. The number of ketones is 1. The lowest BCUT2D eigenvalue weighted by Gasteiger charge is -2.22. The van der Waals surface area contributed by atoms with E-state index in [2.05, 4.69) is 15.5 Å². The van der Waals surface area contributed by atoms with Crippen molar-refractivity contribution in [2.45, 2.75) is 26.2 Å². The van der Waals surface area contributed by atoms with Gasteiger partial charge in [-0.1, -0.05) is 0 Å². The van der Waals surface area contributed by atoms with Crippen LogP contribution >= 0.6 is 11.3 Å². The second-order valence-electron chi connectivity index (χ2n) is 6.93. The van der Waals surface area contributed by atoms with Crippen LogP contribution in [0.25, 0.3) is 11.3 Å². The summed E-state index contributed by atoms with van der Waals surface area (Å²) in [6, 6.07) is 7.38. The zero-order valence-electron chi connectivity index (χ0n) is 16.6. The Morgan fingerprint density at radius 1 is 1.17 bits per heavy atom. The molecule has 0 radical (unpaired) electrons. The van der Waals surface area contributed by atoms with Gasteiger partial charge in [0.1, 0.15) is 0 Å². The first-order valence-corrected chi connectivity index (χ1v) is 9.96. The molecule has 0 saturated heterocycles. The van der Waals surface area contributed by atoms with Gasteiger partial charge >= 0.3 is 0 Å². The van der Waals surface area contributed by atoms with Crippen molar-refractivity contribution >= 4 is 28.8 Å². The molecule has 3 aromatic rings. The van der Waals surface area contributed by atoms with E-state index in [-0.39, 0.29) is 18.1 Å². The predicted octanol–water partition coefficient (Wildman–Crippen LogP) is 4.08. The number of rotatable bonds is 5. The fraction of sp³-hybridized carbons (Fsp3) is 0.286. The van der Waals surface area contributed by atoms with Crippen molar-refractivity contribution < 1.29 is 19.1 Å². The van der Waals surface area contributed by atoms with Gasteiger partial charge in [-0.2, -0.15) is 5.10 Å². The standard InChI is InChI=1S/C21H21N3O4S/c1-10-7-13(11(2)29-10)20(26)14-9-17(25)22-21-18(14)19(23-24-21)12-5-6-15(27-3)16(8-12)28-4/h5-8,14H,9H2,1-4H3,(H2,22,23,24,25). The maximum Gasteiger partial charge on any atom is 0.226 e. The van der Waals surface area contributed by atoms with Crippen LogP contribution < -0.4 is 14.8 Å². The number of thiophene rings is 1. The number of hydrogen-bond donors (Lipinski definition) is 2. The number of carbonyl (C=O) groups is 2. The van der Waals surface area contributed by atoms with Crippen LogP contribution in [0, 0.1) is 13.8 Å². The van der Waals surface area contributed by atoms with E-state index in [0.29, 0.717) is 34.1 Å². The Kier molecular flexibility index (Phi) is 4.87. The first-order chi connectivity index (χ1) is 13.9. The van der Waals surface area contributed by atoms with Gasteiger partial charge in [-0.15, -0.1) is 11.3 Å². The van der Waals surface area contributed by atoms with Crippen LogP contribution in [0.5, 0.6) is 11.5 Å². The van der Waals surface area contributed by atoms with Crippen LogP contribution in [0.1, 0.15) is 38.0 Å². The van der Waals surface area contributed by atoms with Crippen molar-refractivity contribution in [3.63, 3.8) is 0 Å². The highest BCUT2D eigenvalue weighted by atomic mass is 32.1. The van der Waals surface area contributed by atoms with E-state index >= 15 is 0 Å². The molecule has 8 heteroatoms. The van der Waals surface area contributed by atoms with E-state index in [0.717, 1.165) is 15.3 Å². The summed E-state index contributed by atoms with van der Waals surface area (Å²) in [4.78, 5) is 27.7. The molecular weight excluding hydrogens is 390 g/mol. The largest absolute Gasteiger partial charge is 0.493 e. The van der Waals surface area contributed by atoms with Crippen LogP contribution in [-0.2, 0) is 4.79 Å². The molecule has 1 unspecified atom stereocenters. The highest BCUT2D eigenvalue weighted by Crippen LogP contribution is 2.42. The number of fused-ring (bicyclic) bond motifs is 1. The minimum Gasteiger partial charge on any atom is -0.493 e. The van der Waals surface area contributed by atoms with E-state index in [1.54, 1.807) is 31.6 Å². The summed E-state index contributed by atoms with van der Waals surface area (Å²) in [6.45, 7) is 3.90. The number of aromatic amines is 1. The van der Waals surface area contributed by atoms with E-state index in [1.165, 1.54) is 0 Å². The molecule has 3 heterocycles. The number of hydrogen-bond acceptors (Lipinski definition) is 6. The molecule has 7 nitrogen and oxygen atoms in total. The Morgan fingerprint density at radius 3 is 2.59 bits per heavy atom. The molecule has 0 bridgehead atoms. The number of Topliss-reactive ketones (excluding diaryl/α,β-unsaturated/α-hetero) is 1. The number of methoxy groups -OCH3 is 2. The number of nitrogens with zero attached hydrogens (tertiary/aromatic N) is 1. The molecule has 2 N–H and O–H groups in total. The van der Waals surface area contributed by atoms with Crippen molar-refractivity contribution in [1.82, 2.24) is 10.2 Å². The van der Waals surface area contributed by atoms with Crippen molar-refractivity contribution in [2.75, 3.05) is 19.5 Å². The summed E-state index contributed by atoms with van der Waals surface area (Å²) in [5.41, 5.74) is 2.84. The van der Waals surface area contributed by atoms with Gasteiger partial charge in [0, 0.05) is 32.9 Å². The summed E-state index contributed by atoms with van der Waals surface area (Å²) in [5.74, 6) is 0.689. The lowest BCUT2D eigenvalue weighted by molar-refractivity contribution is -0.116. The summed E-state index contributed by atoms with van der Waals surface area (Å²) in [5, 5.41) is 10.0. The summed E-state index contributed by atoms with van der Waals surface area (Å²) in [6.07, 6.45) is 0.0833. The fourth-order valence-electron chi connectivity index (χ4n) is 3.75. The minimum absolute atomic E-state index is 0.0638. The summed E-state index contributed by atoms with van der Waals surface area (Å²) >= 11 is 1.58. The van der Waals surface area contributed by atoms with Crippen LogP contribution in [0.15, 0.2) is 24.3 Å². The SMILES string of the molecule is COc1ccc(-c2[nH]nc3c2C(C(=O)c2cc(C)sc2C)CC(=O)N3)cc1OC. The molecule has 1 atom stereocenters. The van der Waals surface area contributed by atoms with Gasteiger partial charge in [-0.05, 0) is 38.1 Å². The van der Waals surface area contributed by atoms with Crippen LogP contribution in [0.4, 0.5) is 5.82 Å². The average molecular weight is 411 g/mol. The van der Waals surface area contributed by atoms with Gasteiger partial charge in [0.2, 0.25) is 5.91 Å². The summed E-state index contributed by atoms with van der Waals surface area (Å²) < 4.78 is 10.7. The van der Waals surface area contributed by atoms with Gasteiger partial charge < -0.3 is 14.8 Å². The lowest BCUT2D eigenvalue weighted by atomic mass is 9.84. The highest BCUT2D eigenvalue weighted by Gasteiger charge is 2.36. The average Bonchev–Trinajstić information content (AvgIpc) is 3.28. The smallest absolute Gasteiger partial charge is 0.226 e. The van der Waals surface area contributed by atoms with E-state index in [1.807, 2.05) is 32.0 Å². The number of nitrogens with one attached hydrogen (secondary N) is 2. The number of aryl methyl sites for hydroxylation is 2. The molecule has 0 spiro atoms. The molecule has 0 fully saturated rings. The third-order valence-electron chi connectivity index (χ3n) is 5.09. The van der Waals surface area contributed by atoms with Gasteiger partial charge in [0.15, 0.2) is 23.1 Å². The topological polar surface area (TPSA) is 93.3 Å². The first-order valence-electron chi connectivity index (χ1n) is 9.14. The van der Waals surface area contributed by atoms with E-state index < -0.39 is 5.92 Å². The zero-order chi connectivity index (χ0) is 20.7. The number of carbonyl (C=O) groups excluding carboxylic acids is 2. The second-order valence-corrected chi connectivity index (χ2v) is 8.39. The van der Waals surface area contributed by atoms with E-state index in [9.17, 15) is 9.59 Å². The van der Waals surface area contributed by atoms with Gasteiger partial charge in [-0.3, -0.25) is 14.7 Å². The third-order valence-corrected chi connectivity index (χ3v) is 6.06. The molecule has 29 heavy (non-hydrogen) atoms. The van der Waals surface area contributed by atoms with Crippen LogP contribution in [-0.4, -0.2) is 36.1 Å². The molecule has 4 rings (SSSR count). The maximum absolute atomic E-state index is 13.4.